The molecule has 0 radical (unpaired) electrons. The van der Waals surface area contributed by atoms with Crippen LogP contribution in [0.15, 0.2) is 24.3 Å². The summed E-state index contributed by atoms with van der Waals surface area (Å²) in [4.78, 5) is 12.1. The molecule has 1 aromatic rings. The first-order chi connectivity index (χ1) is 11.6. The highest BCUT2D eigenvalue weighted by Crippen LogP contribution is 2.10. The van der Waals surface area contributed by atoms with Crippen LogP contribution in [0.2, 0.25) is 0 Å². The van der Waals surface area contributed by atoms with E-state index in [0.717, 1.165) is 12.3 Å². The normalized spacial score (nSPS) is 11.6. The van der Waals surface area contributed by atoms with Gasteiger partial charge >= 0.3 is 0 Å². The van der Waals surface area contributed by atoms with Gasteiger partial charge in [0, 0.05) is 17.9 Å². The molecule has 0 aliphatic heterocycles. The Morgan fingerprint density at radius 2 is 1.92 bits per heavy atom. The Morgan fingerprint density at radius 1 is 1.21 bits per heavy atom. The molecule has 0 aromatic heterocycles. The lowest BCUT2D eigenvalue weighted by molar-refractivity contribution is 0.0943. The van der Waals surface area contributed by atoms with E-state index in [9.17, 15) is 4.79 Å². The van der Waals surface area contributed by atoms with Crippen LogP contribution < -0.4 is 16.2 Å². The average molecular weight is 368 g/mol. The smallest absolute Gasteiger partial charge is 0.269 e. The Morgan fingerprint density at radius 3 is 2.54 bits per heavy atom. The largest absolute Gasteiger partial charge is 0.361 e. The topological polar surface area (TPSA) is 53.2 Å². The van der Waals surface area contributed by atoms with Crippen molar-refractivity contribution in [3.8, 4) is 0 Å². The summed E-state index contributed by atoms with van der Waals surface area (Å²) < 4.78 is 0. The van der Waals surface area contributed by atoms with Crippen molar-refractivity contribution in [3.63, 3.8) is 0 Å². The molecule has 1 aromatic carbocycles. The van der Waals surface area contributed by atoms with E-state index < -0.39 is 0 Å². The molecule has 0 unspecified atom stereocenters. The standard InChI is InChI=1S/C18H29N3OS2/c1-4-5-6-7-14(2)12-19-18(23)21-20-17(22)16-10-8-15(9-11-16)13-24-3/h8-11,14H,4-7,12-13H2,1-3H3,(H,20,22)(H2,19,21,23)/t14-/m1/s1. The van der Waals surface area contributed by atoms with Crippen LogP contribution in [0, 0.1) is 5.92 Å². The second-order valence-corrected chi connectivity index (χ2v) is 7.29. The maximum Gasteiger partial charge on any atom is 0.269 e. The molecule has 0 aliphatic rings. The number of carbonyl (C=O) groups excluding carboxylic acids is 1. The molecule has 0 bridgehead atoms. The number of amides is 1. The van der Waals surface area contributed by atoms with Crippen LogP contribution in [-0.2, 0) is 5.75 Å². The zero-order valence-corrected chi connectivity index (χ0v) is 16.5. The molecule has 134 valence electrons. The summed E-state index contributed by atoms with van der Waals surface area (Å²) in [7, 11) is 0. The second-order valence-electron chi connectivity index (χ2n) is 6.02. The number of thioether (sulfide) groups is 1. The molecule has 0 saturated heterocycles. The summed E-state index contributed by atoms with van der Waals surface area (Å²) in [6.45, 7) is 5.23. The number of thiocarbonyl (C=S) groups is 1. The summed E-state index contributed by atoms with van der Waals surface area (Å²) in [6, 6.07) is 7.60. The second kappa shape index (κ2) is 12.1. The van der Waals surface area contributed by atoms with Gasteiger partial charge in [-0.2, -0.15) is 11.8 Å². The number of benzene rings is 1. The van der Waals surface area contributed by atoms with E-state index >= 15 is 0 Å². The van der Waals surface area contributed by atoms with Crippen LogP contribution in [-0.4, -0.2) is 23.8 Å². The first-order valence-electron chi connectivity index (χ1n) is 8.48. The molecule has 4 nitrogen and oxygen atoms in total. The van der Waals surface area contributed by atoms with Gasteiger partial charge in [-0.15, -0.1) is 0 Å². The molecule has 1 atom stereocenters. The maximum absolute atomic E-state index is 12.1. The van der Waals surface area contributed by atoms with Gasteiger partial charge in [0.2, 0.25) is 0 Å². The molecule has 0 fully saturated rings. The molecule has 0 aliphatic carbocycles. The summed E-state index contributed by atoms with van der Waals surface area (Å²) in [5.74, 6) is 1.33. The summed E-state index contributed by atoms with van der Waals surface area (Å²) in [5, 5.41) is 3.59. The van der Waals surface area contributed by atoms with Crippen molar-refractivity contribution < 1.29 is 4.79 Å². The van der Waals surface area contributed by atoms with Gasteiger partial charge in [-0.25, -0.2) is 0 Å². The van der Waals surface area contributed by atoms with E-state index in [1.54, 1.807) is 11.8 Å². The summed E-state index contributed by atoms with van der Waals surface area (Å²) in [5.41, 5.74) is 7.21. The van der Waals surface area contributed by atoms with Gasteiger partial charge in [0.25, 0.3) is 5.91 Å². The third-order valence-electron chi connectivity index (χ3n) is 3.73. The third-order valence-corrected chi connectivity index (χ3v) is 4.60. The van der Waals surface area contributed by atoms with Crippen molar-refractivity contribution in [1.29, 1.82) is 0 Å². The lowest BCUT2D eigenvalue weighted by Crippen LogP contribution is -2.47. The van der Waals surface area contributed by atoms with Crippen molar-refractivity contribution in [2.45, 2.75) is 45.3 Å². The number of unbranched alkanes of at least 4 members (excludes halogenated alkanes) is 2. The van der Waals surface area contributed by atoms with Crippen molar-refractivity contribution in [1.82, 2.24) is 16.2 Å². The monoisotopic (exact) mass is 367 g/mol. The Bertz CT molecular complexity index is 505. The Labute approximate surface area is 155 Å². The predicted molar refractivity (Wildman–Crippen MR) is 108 cm³/mol. The van der Waals surface area contributed by atoms with Gasteiger partial charge in [0.05, 0.1) is 0 Å². The first kappa shape index (κ1) is 20.8. The molecule has 6 heteroatoms. The van der Waals surface area contributed by atoms with Gasteiger partial charge in [0.1, 0.15) is 0 Å². The Kier molecular flexibility index (Phi) is 10.5. The minimum absolute atomic E-state index is 0.189. The molecule has 0 saturated carbocycles. The molecular weight excluding hydrogens is 338 g/mol. The fraction of sp³-hybridized carbons (Fsp3) is 0.556. The SMILES string of the molecule is CCCCC[C@@H](C)CNC(=S)NNC(=O)c1ccc(CSC)cc1. The van der Waals surface area contributed by atoms with E-state index in [4.69, 9.17) is 12.2 Å². The zero-order valence-electron chi connectivity index (χ0n) is 14.9. The minimum atomic E-state index is -0.189. The number of carbonyl (C=O) groups is 1. The van der Waals surface area contributed by atoms with Gasteiger partial charge < -0.3 is 5.32 Å². The van der Waals surface area contributed by atoms with E-state index in [2.05, 4.69) is 36.3 Å². The molecule has 3 N–H and O–H groups in total. The van der Waals surface area contributed by atoms with E-state index in [0.29, 0.717) is 16.6 Å². The van der Waals surface area contributed by atoms with E-state index in [1.807, 2.05) is 24.3 Å². The summed E-state index contributed by atoms with van der Waals surface area (Å²) in [6.07, 6.45) is 7.02. The van der Waals surface area contributed by atoms with Gasteiger partial charge in [-0.3, -0.25) is 15.6 Å². The summed E-state index contributed by atoms with van der Waals surface area (Å²) >= 11 is 6.95. The fourth-order valence-electron chi connectivity index (χ4n) is 2.26. The van der Waals surface area contributed by atoms with E-state index in [1.165, 1.54) is 31.2 Å². The quantitative estimate of drug-likeness (QED) is 0.351. The molecule has 0 heterocycles. The number of hydrazine groups is 1. The van der Waals surface area contributed by atoms with Crippen LogP contribution in [0.4, 0.5) is 0 Å². The van der Waals surface area contributed by atoms with Crippen LogP contribution in [0.3, 0.4) is 0 Å². The van der Waals surface area contributed by atoms with Crippen molar-refractivity contribution in [3.05, 3.63) is 35.4 Å². The molecule has 1 rings (SSSR count). The molecule has 1 amide bonds. The van der Waals surface area contributed by atoms with Crippen molar-refractivity contribution in [2.75, 3.05) is 12.8 Å². The fourth-order valence-corrected chi connectivity index (χ4v) is 2.92. The van der Waals surface area contributed by atoms with Crippen LogP contribution >= 0.6 is 24.0 Å². The number of rotatable bonds is 9. The maximum atomic E-state index is 12.1. The number of hydrogen-bond donors (Lipinski definition) is 3. The zero-order chi connectivity index (χ0) is 17.8. The lowest BCUT2D eigenvalue weighted by atomic mass is 10.0. The average Bonchev–Trinajstić information content (AvgIpc) is 2.59. The van der Waals surface area contributed by atoms with Gasteiger partial charge in [0.15, 0.2) is 5.11 Å². The molecular formula is C18H29N3OS2. The number of hydrogen-bond acceptors (Lipinski definition) is 3. The van der Waals surface area contributed by atoms with Crippen LogP contribution in [0.25, 0.3) is 0 Å². The lowest BCUT2D eigenvalue weighted by Gasteiger charge is -2.15. The minimum Gasteiger partial charge on any atom is -0.361 e. The van der Waals surface area contributed by atoms with Crippen molar-refractivity contribution in [2.24, 2.45) is 5.92 Å². The highest BCUT2D eigenvalue weighted by molar-refractivity contribution is 7.97. The van der Waals surface area contributed by atoms with Gasteiger partial charge in [-0.05, 0) is 48.5 Å². The van der Waals surface area contributed by atoms with Crippen LogP contribution in [0.1, 0.15) is 55.5 Å². The number of nitrogens with one attached hydrogen (secondary N) is 3. The van der Waals surface area contributed by atoms with E-state index in [-0.39, 0.29) is 5.91 Å². The van der Waals surface area contributed by atoms with Crippen LogP contribution in [0.5, 0.6) is 0 Å². The predicted octanol–water partition coefficient (Wildman–Crippen LogP) is 3.87. The Balaban J connectivity index is 2.26. The third kappa shape index (κ3) is 8.55. The van der Waals surface area contributed by atoms with Crippen molar-refractivity contribution >= 4 is 35.0 Å². The molecule has 24 heavy (non-hydrogen) atoms. The highest BCUT2D eigenvalue weighted by atomic mass is 32.2. The Hall–Kier alpha value is -1.27. The van der Waals surface area contributed by atoms with Gasteiger partial charge in [-0.1, -0.05) is 45.2 Å². The highest BCUT2D eigenvalue weighted by Gasteiger charge is 2.07. The first-order valence-corrected chi connectivity index (χ1v) is 10.3. The molecule has 0 spiro atoms.